The molecule has 0 aromatic heterocycles. The Morgan fingerprint density at radius 2 is 1.74 bits per heavy atom. The Morgan fingerprint density at radius 3 is 2.35 bits per heavy atom. The van der Waals surface area contributed by atoms with Crippen molar-refractivity contribution in [1.82, 2.24) is 5.32 Å². The van der Waals surface area contributed by atoms with Gasteiger partial charge in [0.05, 0.1) is 18.7 Å². The Hall–Kier alpha value is -1.30. The summed E-state index contributed by atoms with van der Waals surface area (Å²) in [5.74, 6) is 1.19. The Labute approximate surface area is 150 Å². The minimum atomic E-state index is -0.202. The summed E-state index contributed by atoms with van der Waals surface area (Å²) in [6, 6.07) is 10.6. The summed E-state index contributed by atoms with van der Waals surface area (Å²) in [5.41, 5.74) is 2.21. The van der Waals surface area contributed by atoms with Gasteiger partial charge in [-0.15, -0.1) is 0 Å². The molecule has 1 N–H and O–H groups in total. The van der Waals surface area contributed by atoms with Crippen LogP contribution in [0.1, 0.15) is 11.1 Å². The third-order valence-electron chi connectivity index (χ3n) is 3.33. The normalized spacial score (nSPS) is 10.1. The largest absolute Gasteiger partial charge is 1.00 e. The zero-order valence-corrected chi connectivity index (χ0v) is 15.4. The van der Waals surface area contributed by atoms with Crippen LogP contribution in [-0.2, 0) is 13.0 Å². The van der Waals surface area contributed by atoms with Gasteiger partial charge in [0.2, 0.25) is 0 Å². The van der Waals surface area contributed by atoms with Gasteiger partial charge in [-0.25, -0.2) is 4.39 Å². The van der Waals surface area contributed by atoms with Gasteiger partial charge in [-0.05, 0) is 64.3 Å². The van der Waals surface area contributed by atoms with Crippen LogP contribution in [-0.4, -0.2) is 20.8 Å². The number of hydrogen-bond donors (Lipinski definition) is 1. The molecule has 0 atom stereocenters. The summed E-state index contributed by atoms with van der Waals surface area (Å²) in [7, 11) is 3.24. The Balaban J connectivity index is 0.00000264. The van der Waals surface area contributed by atoms with Gasteiger partial charge < -0.3 is 27.2 Å². The van der Waals surface area contributed by atoms with E-state index in [0.29, 0.717) is 11.5 Å². The second kappa shape index (κ2) is 9.75. The maximum absolute atomic E-state index is 12.8. The number of nitrogens with one attached hydrogen (secondary N) is 1. The molecule has 0 aliphatic carbocycles. The van der Waals surface area contributed by atoms with Crippen LogP contribution in [0.5, 0.6) is 11.5 Å². The average molecular weight is 404 g/mol. The number of ether oxygens (including phenoxy) is 2. The highest BCUT2D eigenvalue weighted by Crippen LogP contribution is 2.36. The van der Waals surface area contributed by atoms with Crippen LogP contribution < -0.4 is 27.2 Å². The highest BCUT2D eigenvalue weighted by molar-refractivity contribution is 9.10. The van der Waals surface area contributed by atoms with Crippen LogP contribution in [0.3, 0.4) is 0 Å². The van der Waals surface area contributed by atoms with Gasteiger partial charge in [-0.1, -0.05) is 12.1 Å². The SMILES string of the molecule is COc1cc(CNCCc2ccc(F)cc2)cc(Br)c1OC.[Cl-]. The fourth-order valence-corrected chi connectivity index (χ4v) is 2.84. The first kappa shape index (κ1) is 19.7. The topological polar surface area (TPSA) is 30.5 Å². The van der Waals surface area contributed by atoms with E-state index in [9.17, 15) is 4.39 Å². The Morgan fingerprint density at radius 1 is 1.04 bits per heavy atom. The lowest BCUT2D eigenvalue weighted by atomic mass is 10.1. The molecule has 0 saturated carbocycles. The zero-order valence-electron chi connectivity index (χ0n) is 13.0. The summed E-state index contributed by atoms with van der Waals surface area (Å²) in [4.78, 5) is 0. The molecule has 0 fully saturated rings. The maximum atomic E-state index is 12.8. The van der Waals surface area contributed by atoms with E-state index in [4.69, 9.17) is 9.47 Å². The molecule has 126 valence electrons. The van der Waals surface area contributed by atoms with Crippen molar-refractivity contribution in [2.45, 2.75) is 13.0 Å². The third-order valence-corrected chi connectivity index (χ3v) is 3.92. The Kier molecular flexibility index (Phi) is 8.37. The van der Waals surface area contributed by atoms with Gasteiger partial charge in [-0.2, -0.15) is 0 Å². The number of hydrogen-bond acceptors (Lipinski definition) is 3. The van der Waals surface area contributed by atoms with Crippen molar-refractivity contribution in [2.24, 2.45) is 0 Å². The molecule has 0 heterocycles. The van der Waals surface area contributed by atoms with E-state index in [0.717, 1.165) is 35.1 Å². The molecule has 2 aromatic rings. The molecule has 3 nitrogen and oxygen atoms in total. The molecule has 0 spiro atoms. The molecular formula is C17H19BrClFNO2-. The molecule has 0 unspecified atom stereocenters. The summed E-state index contributed by atoms with van der Waals surface area (Å²) < 4.78 is 24.3. The highest BCUT2D eigenvalue weighted by Gasteiger charge is 2.10. The number of halogens is 3. The summed E-state index contributed by atoms with van der Waals surface area (Å²) >= 11 is 3.48. The first-order chi connectivity index (χ1) is 10.6. The molecule has 0 aliphatic heterocycles. The van der Waals surface area contributed by atoms with Gasteiger partial charge in [-0.3, -0.25) is 0 Å². The minimum absolute atomic E-state index is 0. The van der Waals surface area contributed by atoms with Gasteiger partial charge >= 0.3 is 0 Å². The van der Waals surface area contributed by atoms with Crippen LogP contribution in [0.25, 0.3) is 0 Å². The van der Waals surface area contributed by atoms with Crippen LogP contribution in [0.15, 0.2) is 40.9 Å². The smallest absolute Gasteiger partial charge is 0.174 e. The predicted octanol–water partition coefficient (Wildman–Crippen LogP) is 0.942. The average Bonchev–Trinajstić information content (AvgIpc) is 2.52. The van der Waals surface area contributed by atoms with Gasteiger partial charge in [0.25, 0.3) is 0 Å². The van der Waals surface area contributed by atoms with Crippen LogP contribution in [0.4, 0.5) is 4.39 Å². The second-order valence-electron chi connectivity index (χ2n) is 4.87. The molecule has 23 heavy (non-hydrogen) atoms. The lowest BCUT2D eigenvalue weighted by Crippen LogP contribution is -3.00. The second-order valence-corrected chi connectivity index (χ2v) is 5.72. The number of rotatable bonds is 7. The van der Waals surface area contributed by atoms with Crippen molar-refractivity contribution in [3.63, 3.8) is 0 Å². The molecule has 0 bridgehead atoms. The number of benzene rings is 2. The van der Waals surface area contributed by atoms with E-state index < -0.39 is 0 Å². The van der Waals surface area contributed by atoms with Crippen LogP contribution >= 0.6 is 15.9 Å². The van der Waals surface area contributed by atoms with E-state index in [-0.39, 0.29) is 18.2 Å². The number of methoxy groups -OCH3 is 2. The highest BCUT2D eigenvalue weighted by atomic mass is 79.9. The van der Waals surface area contributed by atoms with Crippen LogP contribution in [0.2, 0.25) is 0 Å². The predicted molar refractivity (Wildman–Crippen MR) is 89.1 cm³/mol. The summed E-state index contributed by atoms with van der Waals surface area (Å²) in [6.07, 6.45) is 0.856. The van der Waals surface area contributed by atoms with Gasteiger partial charge in [0, 0.05) is 6.54 Å². The molecule has 0 aliphatic rings. The van der Waals surface area contributed by atoms with E-state index in [1.807, 2.05) is 24.3 Å². The quantitative estimate of drug-likeness (QED) is 0.698. The molecule has 2 rings (SSSR count). The van der Waals surface area contributed by atoms with E-state index in [1.165, 1.54) is 12.1 Å². The maximum Gasteiger partial charge on any atom is 0.174 e. The fourth-order valence-electron chi connectivity index (χ4n) is 2.19. The minimum Gasteiger partial charge on any atom is -1.00 e. The van der Waals surface area contributed by atoms with Gasteiger partial charge in [0.1, 0.15) is 5.82 Å². The molecule has 0 radical (unpaired) electrons. The van der Waals surface area contributed by atoms with Gasteiger partial charge in [0.15, 0.2) is 11.5 Å². The van der Waals surface area contributed by atoms with E-state index in [1.54, 1.807) is 14.2 Å². The monoisotopic (exact) mass is 402 g/mol. The van der Waals surface area contributed by atoms with Crippen molar-refractivity contribution in [1.29, 1.82) is 0 Å². The molecule has 0 saturated heterocycles. The lowest BCUT2D eigenvalue weighted by molar-refractivity contribution is -0.00000555. The molecule has 2 aromatic carbocycles. The van der Waals surface area contributed by atoms with Crippen molar-refractivity contribution in [3.05, 3.63) is 57.8 Å². The standard InChI is InChI=1S/C17H19BrFNO2.ClH/c1-21-16-10-13(9-15(18)17(16)22-2)11-20-8-7-12-3-5-14(19)6-4-12;/h3-6,9-10,20H,7-8,11H2,1-2H3;1H/p-1. The Bertz CT molecular complexity index is 623. The zero-order chi connectivity index (χ0) is 15.9. The molecular weight excluding hydrogens is 385 g/mol. The van der Waals surface area contributed by atoms with E-state index in [2.05, 4.69) is 21.2 Å². The summed E-state index contributed by atoms with van der Waals surface area (Å²) in [5, 5.41) is 3.37. The first-order valence-electron chi connectivity index (χ1n) is 6.99. The first-order valence-corrected chi connectivity index (χ1v) is 7.79. The van der Waals surface area contributed by atoms with E-state index >= 15 is 0 Å². The van der Waals surface area contributed by atoms with Crippen molar-refractivity contribution >= 4 is 15.9 Å². The van der Waals surface area contributed by atoms with Crippen LogP contribution in [0, 0.1) is 5.82 Å². The van der Waals surface area contributed by atoms with Crippen molar-refractivity contribution in [2.75, 3.05) is 20.8 Å². The molecule has 0 amide bonds. The fraction of sp³-hybridized carbons (Fsp3) is 0.294. The summed E-state index contributed by atoms with van der Waals surface area (Å²) in [6.45, 7) is 1.54. The van der Waals surface area contributed by atoms with Crippen molar-refractivity contribution < 1.29 is 26.3 Å². The van der Waals surface area contributed by atoms with Crippen molar-refractivity contribution in [3.8, 4) is 11.5 Å². The molecule has 6 heteroatoms. The third kappa shape index (κ3) is 5.68. The lowest BCUT2D eigenvalue weighted by Gasteiger charge is -2.12.